The van der Waals surface area contributed by atoms with Gasteiger partial charge in [-0.2, -0.15) is 5.10 Å². The molecule has 0 atom stereocenters. The second-order valence-electron chi connectivity index (χ2n) is 9.07. The first kappa shape index (κ1) is 22.6. The van der Waals surface area contributed by atoms with Crippen molar-refractivity contribution in [2.24, 2.45) is 0 Å². The Morgan fingerprint density at radius 3 is 2.30 bits per heavy atom. The Kier molecular flexibility index (Phi) is 5.97. The summed E-state index contributed by atoms with van der Waals surface area (Å²) in [6, 6.07) is 9.80. The number of carbonyl (C=O) groups excluding carboxylic acids is 2. The van der Waals surface area contributed by atoms with Gasteiger partial charge in [-0.05, 0) is 51.5 Å². The molecule has 9 heteroatoms. The van der Waals surface area contributed by atoms with Crippen LogP contribution in [0.1, 0.15) is 37.0 Å². The van der Waals surface area contributed by atoms with Gasteiger partial charge in [-0.3, -0.25) is 0 Å². The predicted molar refractivity (Wildman–Crippen MR) is 125 cm³/mol. The van der Waals surface area contributed by atoms with Crippen LogP contribution >= 0.6 is 0 Å². The lowest BCUT2D eigenvalue weighted by atomic mass is 10.0. The van der Waals surface area contributed by atoms with Crippen LogP contribution in [-0.4, -0.2) is 70.5 Å². The molecule has 0 bridgehead atoms. The Morgan fingerprint density at radius 2 is 1.70 bits per heavy atom. The van der Waals surface area contributed by atoms with E-state index in [1.807, 2.05) is 58.0 Å². The molecule has 0 radical (unpaired) electrons. The van der Waals surface area contributed by atoms with Gasteiger partial charge in [0.05, 0.1) is 19.0 Å². The Hall–Kier alpha value is -3.62. The zero-order chi connectivity index (χ0) is 23.8. The summed E-state index contributed by atoms with van der Waals surface area (Å²) in [5, 5.41) is 4.46. The topological polar surface area (TPSA) is 89.3 Å². The van der Waals surface area contributed by atoms with Gasteiger partial charge in [0, 0.05) is 37.4 Å². The normalized spacial score (nSPS) is 14.5. The maximum Gasteiger partial charge on any atom is 0.410 e. The van der Waals surface area contributed by atoms with Crippen LogP contribution in [0.4, 0.5) is 10.5 Å². The largest absolute Gasteiger partial charge is 0.464 e. The number of methoxy groups -OCH3 is 1. The number of piperazine rings is 1. The SMILES string of the molecule is COC(=O)c1nn2c(C)cnc2cc1-c1ccc(N2CCN(C(=O)OC(C)(C)C)CC2)cc1. The van der Waals surface area contributed by atoms with Crippen molar-refractivity contribution in [3.8, 4) is 11.1 Å². The number of nitrogens with zero attached hydrogens (tertiary/aromatic N) is 5. The highest BCUT2D eigenvalue weighted by molar-refractivity contribution is 5.95. The molecule has 1 aliphatic heterocycles. The quantitative estimate of drug-likeness (QED) is 0.563. The molecule has 1 fully saturated rings. The average Bonchev–Trinajstić information content (AvgIpc) is 3.16. The fraction of sp³-hybridized carbons (Fsp3) is 0.417. The number of ether oxygens (including phenoxy) is 2. The van der Waals surface area contributed by atoms with Crippen LogP contribution in [0, 0.1) is 6.92 Å². The van der Waals surface area contributed by atoms with Gasteiger partial charge in [-0.1, -0.05) is 12.1 Å². The van der Waals surface area contributed by atoms with E-state index >= 15 is 0 Å². The lowest BCUT2D eigenvalue weighted by molar-refractivity contribution is 0.0240. The second kappa shape index (κ2) is 8.73. The van der Waals surface area contributed by atoms with Crippen molar-refractivity contribution in [2.75, 3.05) is 38.2 Å². The number of rotatable bonds is 3. The summed E-state index contributed by atoms with van der Waals surface area (Å²) in [6.07, 6.45) is 1.44. The van der Waals surface area contributed by atoms with Crippen molar-refractivity contribution in [1.29, 1.82) is 0 Å². The molecule has 1 aromatic carbocycles. The van der Waals surface area contributed by atoms with E-state index in [9.17, 15) is 9.59 Å². The van der Waals surface area contributed by atoms with Gasteiger partial charge < -0.3 is 19.3 Å². The van der Waals surface area contributed by atoms with Crippen LogP contribution in [0.25, 0.3) is 16.8 Å². The van der Waals surface area contributed by atoms with E-state index in [1.165, 1.54) is 7.11 Å². The smallest absolute Gasteiger partial charge is 0.410 e. The molecule has 0 N–H and O–H groups in total. The molecule has 0 spiro atoms. The summed E-state index contributed by atoms with van der Waals surface area (Å²) in [5.41, 5.74) is 3.81. The monoisotopic (exact) mass is 451 g/mol. The van der Waals surface area contributed by atoms with E-state index in [0.29, 0.717) is 37.4 Å². The van der Waals surface area contributed by atoms with E-state index in [2.05, 4.69) is 15.0 Å². The van der Waals surface area contributed by atoms with Crippen LogP contribution < -0.4 is 4.90 Å². The standard InChI is InChI=1S/C24H29N5O4/c1-16-15-25-20-14-19(21(22(30)32-5)26-29(16)20)17-6-8-18(9-7-17)27-10-12-28(13-11-27)23(31)33-24(2,3)4/h6-9,14-15H,10-13H2,1-5H3. The number of imidazole rings is 1. The molecular formula is C24H29N5O4. The van der Waals surface area contributed by atoms with Gasteiger partial charge in [-0.15, -0.1) is 0 Å². The summed E-state index contributed by atoms with van der Waals surface area (Å²) in [4.78, 5) is 33.0. The van der Waals surface area contributed by atoms with Crippen molar-refractivity contribution in [3.63, 3.8) is 0 Å². The van der Waals surface area contributed by atoms with Crippen LogP contribution in [-0.2, 0) is 9.47 Å². The maximum atomic E-state index is 12.4. The zero-order valence-corrected chi connectivity index (χ0v) is 19.7. The Balaban J connectivity index is 1.52. The lowest BCUT2D eigenvalue weighted by Gasteiger charge is -2.36. The Morgan fingerprint density at radius 1 is 1.03 bits per heavy atom. The lowest BCUT2D eigenvalue weighted by Crippen LogP contribution is -2.50. The molecule has 4 rings (SSSR count). The first-order chi connectivity index (χ1) is 15.7. The number of aryl methyl sites for hydroxylation is 1. The van der Waals surface area contributed by atoms with E-state index < -0.39 is 11.6 Å². The van der Waals surface area contributed by atoms with Gasteiger partial charge in [0.1, 0.15) is 5.60 Å². The molecule has 3 aromatic rings. The number of amides is 1. The second-order valence-corrected chi connectivity index (χ2v) is 9.07. The number of aromatic nitrogens is 3. The third-order valence-electron chi connectivity index (χ3n) is 5.52. The number of anilines is 1. The van der Waals surface area contributed by atoms with E-state index in [4.69, 9.17) is 9.47 Å². The van der Waals surface area contributed by atoms with E-state index in [1.54, 1.807) is 15.6 Å². The summed E-state index contributed by atoms with van der Waals surface area (Å²) in [7, 11) is 1.35. The number of carbonyl (C=O) groups is 2. The molecular weight excluding hydrogens is 422 g/mol. The predicted octanol–water partition coefficient (Wildman–Crippen LogP) is 3.55. The molecule has 33 heavy (non-hydrogen) atoms. The third kappa shape index (κ3) is 4.76. The van der Waals surface area contributed by atoms with Crippen molar-refractivity contribution in [2.45, 2.75) is 33.3 Å². The molecule has 174 valence electrons. The highest BCUT2D eigenvalue weighted by atomic mass is 16.6. The number of hydrogen-bond donors (Lipinski definition) is 0. The maximum absolute atomic E-state index is 12.4. The van der Waals surface area contributed by atoms with Gasteiger partial charge in [0.15, 0.2) is 11.3 Å². The molecule has 0 aliphatic carbocycles. The van der Waals surface area contributed by atoms with Crippen LogP contribution in [0.3, 0.4) is 0 Å². The third-order valence-corrected chi connectivity index (χ3v) is 5.52. The molecule has 0 unspecified atom stereocenters. The summed E-state index contributed by atoms with van der Waals surface area (Å²) >= 11 is 0. The van der Waals surface area contributed by atoms with Crippen LogP contribution in [0.15, 0.2) is 36.5 Å². The number of benzene rings is 1. The van der Waals surface area contributed by atoms with Crippen LogP contribution in [0.2, 0.25) is 0 Å². The Bertz CT molecular complexity index is 1170. The minimum absolute atomic E-state index is 0.241. The van der Waals surface area contributed by atoms with Gasteiger partial charge >= 0.3 is 12.1 Å². The van der Waals surface area contributed by atoms with E-state index in [0.717, 1.165) is 16.9 Å². The van der Waals surface area contributed by atoms with Gasteiger partial charge in [0.2, 0.25) is 0 Å². The number of fused-ring (bicyclic) bond motifs is 1. The minimum atomic E-state index is -0.500. The molecule has 3 heterocycles. The molecule has 1 aliphatic rings. The first-order valence-electron chi connectivity index (χ1n) is 10.9. The van der Waals surface area contributed by atoms with Crippen molar-refractivity contribution < 1.29 is 19.1 Å². The highest BCUT2D eigenvalue weighted by Gasteiger charge is 2.26. The fourth-order valence-corrected chi connectivity index (χ4v) is 3.82. The van der Waals surface area contributed by atoms with Crippen molar-refractivity contribution in [1.82, 2.24) is 19.5 Å². The highest BCUT2D eigenvalue weighted by Crippen LogP contribution is 2.28. The molecule has 9 nitrogen and oxygen atoms in total. The zero-order valence-electron chi connectivity index (χ0n) is 19.7. The minimum Gasteiger partial charge on any atom is -0.464 e. The van der Waals surface area contributed by atoms with Gasteiger partial charge in [-0.25, -0.2) is 19.1 Å². The van der Waals surface area contributed by atoms with Gasteiger partial charge in [0.25, 0.3) is 0 Å². The number of esters is 1. The van der Waals surface area contributed by atoms with Crippen molar-refractivity contribution >= 4 is 23.4 Å². The molecule has 0 saturated carbocycles. The Labute approximate surface area is 192 Å². The molecule has 1 amide bonds. The fourth-order valence-electron chi connectivity index (χ4n) is 3.82. The first-order valence-corrected chi connectivity index (χ1v) is 10.9. The van der Waals surface area contributed by atoms with Crippen LogP contribution in [0.5, 0.6) is 0 Å². The van der Waals surface area contributed by atoms with E-state index in [-0.39, 0.29) is 11.8 Å². The number of hydrogen-bond acceptors (Lipinski definition) is 7. The van der Waals surface area contributed by atoms with Crippen molar-refractivity contribution in [3.05, 3.63) is 47.9 Å². The summed E-state index contributed by atoms with van der Waals surface area (Å²) in [6.45, 7) is 10.1. The molecule has 1 saturated heterocycles. The summed E-state index contributed by atoms with van der Waals surface area (Å²) < 4.78 is 12.1. The average molecular weight is 452 g/mol. The molecule has 2 aromatic heterocycles. The summed E-state index contributed by atoms with van der Waals surface area (Å²) in [5.74, 6) is -0.498.